The SMILES string of the molecule is Nc1nc(Cl)cc(Oc2ccc3c(c2)CCCO3)n1. The first-order valence-corrected chi connectivity index (χ1v) is 6.32. The Morgan fingerprint density at radius 3 is 3.00 bits per heavy atom. The van der Waals surface area contributed by atoms with Gasteiger partial charge in [-0.05, 0) is 36.6 Å². The highest BCUT2D eigenvalue weighted by molar-refractivity contribution is 6.29. The van der Waals surface area contributed by atoms with Crippen molar-refractivity contribution in [1.82, 2.24) is 9.97 Å². The number of ether oxygens (including phenoxy) is 2. The third-order valence-corrected chi connectivity index (χ3v) is 2.98. The fourth-order valence-electron chi connectivity index (χ4n) is 1.99. The first kappa shape index (κ1) is 12.0. The molecule has 5 nitrogen and oxygen atoms in total. The number of anilines is 1. The van der Waals surface area contributed by atoms with Crippen LogP contribution in [0, 0.1) is 0 Å². The highest BCUT2D eigenvalue weighted by Gasteiger charge is 2.12. The normalized spacial score (nSPS) is 13.5. The third-order valence-electron chi connectivity index (χ3n) is 2.79. The van der Waals surface area contributed by atoms with Crippen molar-refractivity contribution in [2.24, 2.45) is 0 Å². The fourth-order valence-corrected chi connectivity index (χ4v) is 2.17. The maximum absolute atomic E-state index is 5.80. The lowest BCUT2D eigenvalue weighted by atomic mass is 10.1. The van der Waals surface area contributed by atoms with Gasteiger partial charge in [0.1, 0.15) is 16.7 Å². The van der Waals surface area contributed by atoms with Gasteiger partial charge in [0.25, 0.3) is 0 Å². The van der Waals surface area contributed by atoms with Gasteiger partial charge in [0, 0.05) is 6.07 Å². The van der Waals surface area contributed by atoms with Crippen molar-refractivity contribution in [3.63, 3.8) is 0 Å². The molecular weight excluding hydrogens is 266 g/mol. The number of halogens is 1. The Morgan fingerprint density at radius 2 is 2.16 bits per heavy atom. The van der Waals surface area contributed by atoms with Gasteiger partial charge < -0.3 is 15.2 Å². The quantitative estimate of drug-likeness (QED) is 0.855. The molecule has 3 rings (SSSR count). The van der Waals surface area contributed by atoms with E-state index in [0.29, 0.717) is 11.6 Å². The van der Waals surface area contributed by atoms with Crippen LogP contribution in [0.1, 0.15) is 12.0 Å². The van der Waals surface area contributed by atoms with Crippen molar-refractivity contribution in [2.75, 3.05) is 12.3 Å². The smallest absolute Gasteiger partial charge is 0.225 e. The molecule has 1 aliphatic heterocycles. The second-order valence-electron chi connectivity index (χ2n) is 4.21. The van der Waals surface area contributed by atoms with Crippen LogP contribution in [0.3, 0.4) is 0 Å². The molecule has 19 heavy (non-hydrogen) atoms. The van der Waals surface area contributed by atoms with Crippen molar-refractivity contribution >= 4 is 17.5 Å². The molecule has 98 valence electrons. The molecule has 0 amide bonds. The molecule has 6 heteroatoms. The van der Waals surface area contributed by atoms with Crippen molar-refractivity contribution in [1.29, 1.82) is 0 Å². The number of rotatable bonds is 2. The summed E-state index contributed by atoms with van der Waals surface area (Å²) in [6.07, 6.45) is 2.00. The molecule has 0 saturated carbocycles. The average molecular weight is 278 g/mol. The van der Waals surface area contributed by atoms with Crippen molar-refractivity contribution in [3.8, 4) is 17.4 Å². The van der Waals surface area contributed by atoms with E-state index in [4.69, 9.17) is 26.8 Å². The molecule has 0 fully saturated rings. The number of fused-ring (bicyclic) bond motifs is 1. The van der Waals surface area contributed by atoms with Crippen LogP contribution in [0.25, 0.3) is 0 Å². The molecule has 0 unspecified atom stereocenters. The summed E-state index contributed by atoms with van der Waals surface area (Å²) >= 11 is 5.80. The number of aryl methyl sites for hydroxylation is 1. The molecule has 0 radical (unpaired) electrons. The minimum Gasteiger partial charge on any atom is -0.493 e. The van der Waals surface area contributed by atoms with Gasteiger partial charge >= 0.3 is 0 Å². The molecule has 1 aliphatic rings. The van der Waals surface area contributed by atoms with Crippen LogP contribution in [0.2, 0.25) is 5.15 Å². The number of hydrogen-bond acceptors (Lipinski definition) is 5. The van der Waals surface area contributed by atoms with Crippen molar-refractivity contribution in [3.05, 3.63) is 35.0 Å². The number of nitrogen functional groups attached to an aromatic ring is 1. The molecule has 1 aromatic carbocycles. The van der Waals surface area contributed by atoms with Crippen LogP contribution >= 0.6 is 11.6 Å². The van der Waals surface area contributed by atoms with E-state index in [0.717, 1.165) is 30.8 Å². The van der Waals surface area contributed by atoms with Crippen LogP contribution in [0.5, 0.6) is 17.4 Å². The van der Waals surface area contributed by atoms with Crippen LogP contribution in [0.4, 0.5) is 5.95 Å². The highest BCUT2D eigenvalue weighted by atomic mass is 35.5. The fraction of sp³-hybridized carbons (Fsp3) is 0.231. The number of hydrogen-bond donors (Lipinski definition) is 1. The summed E-state index contributed by atoms with van der Waals surface area (Å²) in [5.74, 6) is 2.01. The summed E-state index contributed by atoms with van der Waals surface area (Å²) in [6, 6.07) is 7.20. The molecule has 2 heterocycles. The van der Waals surface area contributed by atoms with E-state index in [-0.39, 0.29) is 11.1 Å². The second-order valence-corrected chi connectivity index (χ2v) is 4.60. The highest BCUT2D eigenvalue weighted by Crippen LogP contribution is 2.30. The largest absolute Gasteiger partial charge is 0.493 e. The molecule has 1 aromatic heterocycles. The van der Waals surface area contributed by atoms with Gasteiger partial charge in [-0.25, -0.2) is 4.98 Å². The zero-order valence-corrected chi connectivity index (χ0v) is 10.9. The van der Waals surface area contributed by atoms with Gasteiger partial charge in [-0.3, -0.25) is 0 Å². The topological polar surface area (TPSA) is 70.3 Å². The number of nitrogens with two attached hydrogens (primary N) is 1. The van der Waals surface area contributed by atoms with E-state index >= 15 is 0 Å². The number of aromatic nitrogens is 2. The van der Waals surface area contributed by atoms with E-state index in [2.05, 4.69) is 9.97 Å². The van der Waals surface area contributed by atoms with Gasteiger partial charge in [0.05, 0.1) is 6.61 Å². The predicted octanol–water partition coefficient (Wildman–Crippen LogP) is 2.83. The van der Waals surface area contributed by atoms with Gasteiger partial charge in [0.15, 0.2) is 0 Å². The Morgan fingerprint density at radius 1 is 1.26 bits per heavy atom. The third kappa shape index (κ3) is 2.71. The van der Waals surface area contributed by atoms with Gasteiger partial charge in [-0.2, -0.15) is 4.98 Å². The summed E-state index contributed by atoms with van der Waals surface area (Å²) in [7, 11) is 0. The lowest BCUT2D eigenvalue weighted by molar-refractivity contribution is 0.287. The van der Waals surface area contributed by atoms with Gasteiger partial charge in [0.2, 0.25) is 11.8 Å². The van der Waals surface area contributed by atoms with Gasteiger partial charge in [-0.1, -0.05) is 11.6 Å². The standard InChI is InChI=1S/C13H12ClN3O2/c14-11-7-12(17-13(15)16-11)19-9-3-4-10-8(6-9)2-1-5-18-10/h3-4,6-7H,1-2,5H2,(H2,15,16,17). The minimum atomic E-state index is 0.0868. The summed E-state index contributed by atoms with van der Waals surface area (Å²) in [5.41, 5.74) is 6.65. The van der Waals surface area contributed by atoms with Crippen molar-refractivity contribution < 1.29 is 9.47 Å². The zero-order chi connectivity index (χ0) is 13.2. The van der Waals surface area contributed by atoms with E-state index in [1.807, 2.05) is 18.2 Å². The Kier molecular flexibility index (Phi) is 3.13. The molecule has 0 saturated heterocycles. The maximum atomic E-state index is 5.80. The summed E-state index contributed by atoms with van der Waals surface area (Å²) < 4.78 is 11.2. The van der Waals surface area contributed by atoms with Crippen LogP contribution in [-0.4, -0.2) is 16.6 Å². The molecule has 0 aliphatic carbocycles. The first-order valence-electron chi connectivity index (χ1n) is 5.94. The average Bonchev–Trinajstić information content (AvgIpc) is 2.37. The van der Waals surface area contributed by atoms with Crippen LogP contribution < -0.4 is 15.2 Å². The molecule has 0 atom stereocenters. The lowest BCUT2D eigenvalue weighted by Gasteiger charge is -2.17. The lowest BCUT2D eigenvalue weighted by Crippen LogP contribution is -2.08. The minimum absolute atomic E-state index is 0.0868. The molecule has 2 aromatic rings. The monoisotopic (exact) mass is 277 g/mol. The molecule has 0 spiro atoms. The first-order chi connectivity index (χ1) is 9.20. The Hall–Kier alpha value is -2.01. The Balaban J connectivity index is 1.86. The Bertz CT molecular complexity index is 599. The zero-order valence-electron chi connectivity index (χ0n) is 10.1. The summed E-state index contributed by atoms with van der Waals surface area (Å²) in [5, 5.41) is 0.254. The van der Waals surface area contributed by atoms with Crippen LogP contribution in [0.15, 0.2) is 24.3 Å². The number of benzene rings is 1. The molecule has 0 bridgehead atoms. The van der Waals surface area contributed by atoms with Gasteiger partial charge in [-0.15, -0.1) is 0 Å². The van der Waals surface area contributed by atoms with E-state index < -0.39 is 0 Å². The number of nitrogens with zero attached hydrogens (tertiary/aromatic N) is 2. The summed E-state index contributed by atoms with van der Waals surface area (Å²) in [6.45, 7) is 0.769. The molecular formula is C13H12ClN3O2. The van der Waals surface area contributed by atoms with E-state index in [9.17, 15) is 0 Å². The Labute approximate surface area is 115 Å². The summed E-state index contributed by atoms with van der Waals surface area (Å²) in [4.78, 5) is 7.75. The molecule has 2 N–H and O–H groups in total. The van der Waals surface area contributed by atoms with E-state index in [1.54, 1.807) is 0 Å². The predicted molar refractivity (Wildman–Crippen MR) is 71.8 cm³/mol. The van der Waals surface area contributed by atoms with E-state index in [1.165, 1.54) is 6.07 Å². The maximum Gasteiger partial charge on any atom is 0.225 e. The van der Waals surface area contributed by atoms with Crippen LogP contribution in [-0.2, 0) is 6.42 Å². The van der Waals surface area contributed by atoms with Crippen molar-refractivity contribution in [2.45, 2.75) is 12.8 Å². The second kappa shape index (κ2) is 4.93.